The number of nitrogens with zero attached hydrogens (tertiary/aromatic N) is 3. The predicted molar refractivity (Wildman–Crippen MR) is 118 cm³/mol. The largest absolute Gasteiger partial charge is 0.497 e. The molecule has 2 aromatic carbocycles. The van der Waals surface area contributed by atoms with Gasteiger partial charge in [0.1, 0.15) is 23.5 Å². The number of nitrogens with one attached hydrogen (secondary N) is 1. The summed E-state index contributed by atoms with van der Waals surface area (Å²) in [6.45, 7) is 7.17. The van der Waals surface area contributed by atoms with Crippen molar-refractivity contribution in [2.75, 3.05) is 12.4 Å². The van der Waals surface area contributed by atoms with E-state index in [0.717, 1.165) is 40.4 Å². The van der Waals surface area contributed by atoms with E-state index in [-0.39, 0.29) is 6.04 Å². The Hall–Kier alpha value is -3.34. The lowest BCUT2D eigenvalue weighted by atomic mass is 10.1. The van der Waals surface area contributed by atoms with Crippen molar-refractivity contribution in [2.45, 2.75) is 33.4 Å². The number of aromatic nitrogens is 3. The van der Waals surface area contributed by atoms with Gasteiger partial charge in [0.2, 0.25) is 0 Å². The number of hydrogen-bond donors (Lipinski definition) is 1. The number of methoxy groups -OCH3 is 1. The quantitative estimate of drug-likeness (QED) is 0.468. The minimum absolute atomic E-state index is 0.268. The first-order valence-corrected chi connectivity index (χ1v) is 9.86. The molecule has 5 nitrogen and oxygen atoms in total. The van der Waals surface area contributed by atoms with E-state index in [0.29, 0.717) is 0 Å². The molecule has 4 rings (SSSR count). The molecule has 0 unspecified atom stereocenters. The monoisotopic (exact) mass is 386 g/mol. The van der Waals surface area contributed by atoms with Crippen LogP contribution in [0.5, 0.6) is 5.75 Å². The van der Waals surface area contributed by atoms with E-state index in [2.05, 4.69) is 83.1 Å². The lowest BCUT2D eigenvalue weighted by Gasteiger charge is -2.14. The Morgan fingerprint density at radius 1 is 1.00 bits per heavy atom. The molecule has 0 amide bonds. The molecular weight excluding hydrogens is 360 g/mol. The van der Waals surface area contributed by atoms with E-state index < -0.39 is 0 Å². The van der Waals surface area contributed by atoms with Gasteiger partial charge in [-0.1, -0.05) is 29.8 Å². The molecule has 0 bridgehead atoms. The van der Waals surface area contributed by atoms with Crippen LogP contribution in [0.2, 0.25) is 0 Å². The Labute approximate surface area is 171 Å². The molecule has 5 heteroatoms. The average molecular weight is 386 g/mol. The molecule has 0 aliphatic carbocycles. The molecule has 0 aliphatic heterocycles. The van der Waals surface area contributed by atoms with Crippen LogP contribution in [0.3, 0.4) is 0 Å². The summed E-state index contributed by atoms with van der Waals surface area (Å²) in [4.78, 5) is 9.12. The average Bonchev–Trinajstić information content (AvgIpc) is 3.14. The highest BCUT2D eigenvalue weighted by Crippen LogP contribution is 2.33. The van der Waals surface area contributed by atoms with Gasteiger partial charge >= 0.3 is 0 Å². The molecule has 0 saturated carbocycles. The van der Waals surface area contributed by atoms with Crippen molar-refractivity contribution in [1.29, 1.82) is 0 Å². The van der Waals surface area contributed by atoms with Crippen molar-refractivity contribution >= 4 is 16.9 Å². The van der Waals surface area contributed by atoms with Crippen LogP contribution in [0.1, 0.15) is 31.0 Å². The second kappa shape index (κ2) is 7.95. The number of ether oxygens (including phenoxy) is 1. The van der Waals surface area contributed by atoms with Crippen molar-refractivity contribution in [1.82, 2.24) is 14.5 Å². The predicted octanol–water partition coefficient (Wildman–Crippen LogP) is 5.61. The third kappa shape index (κ3) is 3.81. The topological polar surface area (TPSA) is 52.0 Å². The number of aryl methyl sites for hydroxylation is 1. The molecule has 2 aromatic heterocycles. The van der Waals surface area contributed by atoms with Crippen LogP contribution in [0.25, 0.3) is 22.3 Å². The standard InChI is InChI=1S/C24H26N4O/c1-16(2)28-22(19-9-11-20(29-4)12-10-19)13-21-23(26-15-27-24(21)28)25-14-18-7-5-17(3)6-8-18/h5-13,15-16H,14H2,1-4H3,(H,25,26,27). The molecule has 1 N–H and O–H groups in total. The van der Waals surface area contributed by atoms with E-state index in [1.807, 2.05) is 12.1 Å². The Kier molecular flexibility index (Phi) is 5.21. The highest BCUT2D eigenvalue weighted by Gasteiger charge is 2.17. The second-order valence-corrected chi connectivity index (χ2v) is 7.52. The Morgan fingerprint density at radius 3 is 2.38 bits per heavy atom. The Morgan fingerprint density at radius 2 is 1.72 bits per heavy atom. The molecule has 0 saturated heterocycles. The van der Waals surface area contributed by atoms with Gasteiger partial charge in [-0.05, 0) is 62.2 Å². The molecule has 0 radical (unpaired) electrons. The van der Waals surface area contributed by atoms with Gasteiger partial charge in [-0.2, -0.15) is 0 Å². The fraction of sp³-hybridized carbons (Fsp3) is 0.250. The number of hydrogen-bond acceptors (Lipinski definition) is 4. The van der Waals surface area contributed by atoms with Gasteiger partial charge in [0.25, 0.3) is 0 Å². The van der Waals surface area contributed by atoms with Crippen molar-refractivity contribution in [3.63, 3.8) is 0 Å². The maximum atomic E-state index is 5.30. The van der Waals surface area contributed by atoms with Gasteiger partial charge in [-0.3, -0.25) is 0 Å². The molecule has 0 spiro atoms. The van der Waals surface area contributed by atoms with Crippen molar-refractivity contribution in [3.05, 3.63) is 72.1 Å². The van der Waals surface area contributed by atoms with Crippen LogP contribution >= 0.6 is 0 Å². The number of benzene rings is 2. The minimum Gasteiger partial charge on any atom is -0.497 e. The van der Waals surface area contributed by atoms with Crippen LogP contribution in [-0.2, 0) is 6.54 Å². The zero-order chi connectivity index (χ0) is 20.4. The smallest absolute Gasteiger partial charge is 0.146 e. The lowest BCUT2D eigenvalue weighted by Crippen LogP contribution is -2.05. The highest BCUT2D eigenvalue weighted by atomic mass is 16.5. The van der Waals surface area contributed by atoms with Crippen molar-refractivity contribution in [3.8, 4) is 17.0 Å². The van der Waals surface area contributed by atoms with E-state index in [4.69, 9.17) is 4.74 Å². The summed E-state index contributed by atoms with van der Waals surface area (Å²) in [5, 5.41) is 4.52. The normalized spacial score (nSPS) is 11.2. The van der Waals surface area contributed by atoms with Crippen LogP contribution < -0.4 is 10.1 Å². The molecule has 2 heterocycles. The molecule has 29 heavy (non-hydrogen) atoms. The summed E-state index contributed by atoms with van der Waals surface area (Å²) in [5.74, 6) is 1.70. The summed E-state index contributed by atoms with van der Waals surface area (Å²) in [5.41, 5.74) is 5.67. The van der Waals surface area contributed by atoms with Gasteiger partial charge in [-0.25, -0.2) is 9.97 Å². The van der Waals surface area contributed by atoms with Gasteiger partial charge in [-0.15, -0.1) is 0 Å². The molecule has 0 fully saturated rings. The summed E-state index contributed by atoms with van der Waals surface area (Å²) in [6, 6.07) is 19.1. The maximum Gasteiger partial charge on any atom is 0.146 e. The van der Waals surface area contributed by atoms with Gasteiger partial charge < -0.3 is 14.6 Å². The summed E-state index contributed by atoms with van der Waals surface area (Å²) in [6.07, 6.45) is 1.64. The SMILES string of the molecule is COc1ccc(-c2cc3c(NCc4ccc(C)cc4)ncnc3n2C(C)C)cc1. The molecule has 148 valence electrons. The zero-order valence-corrected chi connectivity index (χ0v) is 17.3. The van der Waals surface area contributed by atoms with E-state index >= 15 is 0 Å². The first-order valence-electron chi connectivity index (χ1n) is 9.86. The number of anilines is 1. The van der Waals surface area contributed by atoms with Crippen LogP contribution in [0.15, 0.2) is 60.9 Å². The third-order valence-electron chi connectivity index (χ3n) is 5.11. The van der Waals surface area contributed by atoms with Gasteiger partial charge in [0, 0.05) is 12.6 Å². The van der Waals surface area contributed by atoms with Crippen LogP contribution in [0, 0.1) is 6.92 Å². The molecule has 4 aromatic rings. The minimum atomic E-state index is 0.268. The van der Waals surface area contributed by atoms with Gasteiger partial charge in [0.05, 0.1) is 18.2 Å². The number of rotatable bonds is 6. The fourth-order valence-corrected chi connectivity index (χ4v) is 3.57. The fourth-order valence-electron chi connectivity index (χ4n) is 3.57. The van der Waals surface area contributed by atoms with Gasteiger partial charge in [0.15, 0.2) is 0 Å². The summed E-state index contributed by atoms with van der Waals surface area (Å²) in [7, 11) is 1.68. The van der Waals surface area contributed by atoms with E-state index in [1.165, 1.54) is 11.1 Å². The van der Waals surface area contributed by atoms with Crippen LogP contribution in [0.4, 0.5) is 5.82 Å². The van der Waals surface area contributed by atoms with E-state index in [9.17, 15) is 0 Å². The summed E-state index contributed by atoms with van der Waals surface area (Å²) < 4.78 is 7.56. The van der Waals surface area contributed by atoms with Crippen LogP contribution in [-0.4, -0.2) is 21.6 Å². The first kappa shape index (κ1) is 19.0. The van der Waals surface area contributed by atoms with Crippen molar-refractivity contribution < 1.29 is 4.74 Å². The molecule has 0 atom stereocenters. The Balaban J connectivity index is 1.74. The summed E-state index contributed by atoms with van der Waals surface area (Å²) >= 11 is 0. The molecule has 0 aliphatic rings. The maximum absolute atomic E-state index is 5.30. The van der Waals surface area contributed by atoms with E-state index in [1.54, 1.807) is 13.4 Å². The number of fused-ring (bicyclic) bond motifs is 1. The second-order valence-electron chi connectivity index (χ2n) is 7.52. The lowest BCUT2D eigenvalue weighted by molar-refractivity contribution is 0.415. The third-order valence-corrected chi connectivity index (χ3v) is 5.11. The molecular formula is C24H26N4O. The van der Waals surface area contributed by atoms with Crippen molar-refractivity contribution in [2.24, 2.45) is 0 Å². The highest BCUT2D eigenvalue weighted by molar-refractivity contribution is 5.92. The first-order chi connectivity index (χ1) is 14.1. The zero-order valence-electron chi connectivity index (χ0n) is 17.3. The Bertz CT molecular complexity index is 1110.